The first-order chi connectivity index (χ1) is 20.7. The van der Waals surface area contributed by atoms with Crippen molar-refractivity contribution >= 4 is 41.3 Å². The van der Waals surface area contributed by atoms with E-state index < -0.39 is 17.8 Å². The number of hydrogen-bond donors (Lipinski definition) is 2. The van der Waals surface area contributed by atoms with Crippen LogP contribution >= 0.6 is 11.6 Å². The summed E-state index contributed by atoms with van der Waals surface area (Å²) in [5.41, 5.74) is 5.25. The number of aryl methyl sites for hydroxylation is 1. The molecule has 10 nitrogen and oxygen atoms in total. The average Bonchev–Trinajstić information content (AvgIpc) is 3.02. The van der Waals surface area contributed by atoms with E-state index in [1.807, 2.05) is 19.1 Å². The first kappa shape index (κ1) is 30.6. The van der Waals surface area contributed by atoms with E-state index in [9.17, 15) is 14.4 Å². The van der Waals surface area contributed by atoms with Gasteiger partial charge in [-0.2, -0.15) is 5.10 Å². The van der Waals surface area contributed by atoms with Crippen LogP contribution in [-0.4, -0.2) is 45.3 Å². The number of anilines is 1. The van der Waals surface area contributed by atoms with Gasteiger partial charge in [-0.3, -0.25) is 9.59 Å². The second-order valence-corrected chi connectivity index (χ2v) is 9.52. The smallest absolute Gasteiger partial charge is 0.343 e. The number of carbonyl (C=O) groups excluding carboxylic acids is 3. The molecule has 0 radical (unpaired) electrons. The third kappa shape index (κ3) is 7.69. The van der Waals surface area contributed by atoms with Crippen LogP contribution in [0.5, 0.6) is 23.0 Å². The number of nitrogens with one attached hydrogen (secondary N) is 2. The fraction of sp³-hybridized carbons (Fsp3) is 0.125. The van der Waals surface area contributed by atoms with Crippen LogP contribution in [0.2, 0.25) is 5.02 Å². The van der Waals surface area contributed by atoms with E-state index in [1.54, 1.807) is 42.5 Å². The summed E-state index contributed by atoms with van der Waals surface area (Å²) < 4.78 is 21.4. The predicted octanol–water partition coefficient (Wildman–Crippen LogP) is 5.91. The van der Waals surface area contributed by atoms with Crippen LogP contribution in [-0.2, 0) is 0 Å². The Labute approximate surface area is 253 Å². The van der Waals surface area contributed by atoms with Gasteiger partial charge in [-0.15, -0.1) is 0 Å². The average molecular weight is 602 g/mol. The third-order valence-corrected chi connectivity index (χ3v) is 6.40. The Kier molecular flexibility index (Phi) is 9.98. The third-order valence-electron chi connectivity index (χ3n) is 6.16. The van der Waals surface area contributed by atoms with E-state index in [4.69, 9.17) is 30.5 Å². The summed E-state index contributed by atoms with van der Waals surface area (Å²) in [6.45, 7) is 1.92. The summed E-state index contributed by atoms with van der Waals surface area (Å²) >= 11 is 6.12. The molecule has 0 spiro atoms. The maximum absolute atomic E-state index is 12.9. The molecule has 0 aliphatic heterocycles. The minimum atomic E-state index is -0.543. The Hall–Kier alpha value is -5.35. The first-order valence-corrected chi connectivity index (χ1v) is 13.2. The maximum Gasteiger partial charge on any atom is 0.343 e. The van der Waals surface area contributed by atoms with E-state index in [1.165, 1.54) is 51.8 Å². The van der Waals surface area contributed by atoms with Gasteiger partial charge in [0.1, 0.15) is 5.75 Å². The predicted molar refractivity (Wildman–Crippen MR) is 163 cm³/mol. The van der Waals surface area contributed by atoms with Gasteiger partial charge in [-0.25, -0.2) is 10.2 Å². The second-order valence-electron chi connectivity index (χ2n) is 9.08. The second kappa shape index (κ2) is 14.0. The van der Waals surface area contributed by atoms with Crippen molar-refractivity contribution in [3.8, 4) is 23.0 Å². The molecule has 0 bridgehead atoms. The van der Waals surface area contributed by atoms with Crippen molar-refractivity contribution in [1.82, 2.24) is 5.43 Å². The van der Waals surface area contributed by atoms with Crippen molar-refractivity contribution in [2.75, 3.05) is 26.6 Å². The zero-order valence-corrected chi connectivity index (χ0v) is 24.5. The number of halogens is 1. The standard InChI is InChI=1S/C32H28ClN3O7/c1-19-5-7-21(8-6-19)32(39)43-26-14-11-24(33)15-23(26)18-34-36-31(38)20-9-12-25(13-10-20)35-30(37)22-16-27(40-2)29(42-4)28(17-22)41-3/h5-18H,1-4H3,(H,35,37)(H,36,38)/b34-18+. The fourth-order valence-electron chi connectivity index (χ4n) is 3.91. The molecule has 0 aliphatic carbocycles. The lowest BCUT2D eigenvalue weighted by Gasteiger charge is -2.14. The van der Waals surface area contributed by atoms with E-state index in [0.717, 1.165) is 5.56 Å². The Morgan fingerprint density at radius 1 is 0.721 bits per heavy atom. The minimum Gasteiger partial charge on any atom is -0.493 e. The zero-order chi connectivity index (χ0) is 30.9. The highest BCUT2D eigenvalue weighted by molar-refractivity contribution is 6.31. The van der Waals surface area contributed by atoms with Gasteiger partial charge < -0.3 is 24.3 Å². The normalized spacial score (nSPS) is 10.6. The molecular formula is C32H28ClN3O7. The summed E-state index contributed by atoms with van der Waals surface area (Å²) in [5.74, 6) is -0.184. The maximum atomic E-state index is 12.9. The van der Waals surface area contributed by atoms with Gasteiger partial charge in [0.05, 0.1) is 33.1 Å². The van der Waals surface area contributed by atoms with E-state index >= 15 is 0 Å². The van der Waals surface area contributed by atoms with Gasteiger partial charge >= 0.3 is 5.97 Å². The van der Waals surface area contributed by atoms with Crippen molar-refractivity contribution in [3.63, 3.8) is 0 Å². The molecule has 43 heavy (non-hydrogen) atoms. The SMILES string of the molecule is COc1cc(C(=O)Nc2ccc(C(=O)N/N=C/c3cc(Cl)ccc3OC(=O)c3ccc(C)cc3)cc2)cc(OC)c1OC. The van der Waals surface area contributed by atoms with Crippen molar-refractivity contribution in [3.05, 3.63) is 112 Å². The molecule has 0 heterocycles. The lowest BCUT2D eigenvalue weighted by atomic mass is 10.1. The number of methoxy groups -OCH3 is 3. The Balaban J connectivity index is 1.40. The summed E-state index contributed by atoms with van der Waals surface area (Å²) in [7, 11) is 4.40. The lowest BCUT2D eigenvalue weighted by Crippen LogP contribution is -2.18. The minimum absolute atomic E-state index is 0.222. The van der Waals surface area contributed by atoms with Crippen molar-refractivity contribution in [2.45, 2.75) is 6.92 Å². The molecule has 0 saturated heterocycles. The van der Waals surface area contributed by atoms with Gasteiger partial charge in [-0.1, -0.05) is 29.3 Å². The van der Waals surface area contributed by atoms with Crippen LogP contribution in [0.1, 0.15) is 42.2 Å². The van der Waals surface area contributed by atoms with Crippen molar-refractivity contribution in [2.24, 2.45) is 5.10 Å². The number of nitrogens with zero attached hydrogens (tertiary/aromatic N) is 1. The van der Waals surface area contributed by atoms with Gasteiger partial charge in [-0.05, 0) is 73.7 Å². The van der Waals surface area contributed by atoms with Gasteiger partial charge in [0, 0.05) is 27.4 Å². The van der Waals surface area contributed by atoms with Crippen molar-refractivity contribution < 1.29 is 33.3 Å². The summed E-state index contributed by atoms with van der Waals surface area (Å²) in [4.78, 5) is 38.1. The van der Waals surface area contributed by atoms with Crippen LogP contribution in [0.4, 0.5) is 5.69 Å². The summed E-state index contributed by atoms with van der Waals surface area (Å²) in [6, 6.07) is 20.9. The highest BCUT2D eigenvalue weighted by Gasteiger charge is 2.17. The summed E-state index contributed by atoms with van der Waals surface area (Å²) in [6.07, 6.45) is 1.33. The molecule has 0 aromatic heterocycles. The summed E-state index contributed by atoms with van der Waals surface area (Å²) in [5, 5.41) is 7.15. The Morgan fingerprint density at radius 2 is 1.35 bits per heavy atom. The van der Waals surface area contributed by atoms with Crippen LogP contribution in [0.25, 0.3) is 0 Å². The molecule has 0 saturated carbocycles. The molecule has 0 aliphatic rings. The molecular weight excluding hydrogens is 574 g/mol. The van der Waals surface area contributed by atoms with Crippen LogP contribution in [0, 0.1) is 6.92 Å². The molecule has 2 N–H and O–H groups in total. The van der Waals surface area contributed by atoms with Crippen LogP contribution < -0.4 is 29.7 Å². The Bertz CT molecular complexity index is 1640. The molecule has 0 fully saturated rings. The number of hydrazone groups is 1. The number of amides is 2. The lowest BCUT2D eigenvalue weighted by molar-refractivity contribution is 0.0734. The number of hydrogen-bond acceptors (Lipinski definition) is 8. The van der Waals surface area contributed by atoms with Crippen LogP contribution in [0.3, 0.4) is 0 Å². The van der Waals surface area contributed by atoms with Crippen molar-refractivity contribution in [1.29, 1.82) is 0 Å². The van der Waals surface area contributed by atoms with E-state index in [2.05, 4.69) is 15.8 Å². The molecule has 220 valence electrons. The number of esters is 1. The van der Waals surface area contributed by atoms with Crippen LogP contribution in [0.15, 0.2) is 84.0 Å². The first-order valence-electron chi connectivity index (χ1n) is 12.9. The molecule has 0 unspecified atom stereocenters. The van der Waals surface area contributed by atoms with Gasteiger partial charge in [0.2, 0.25) is 5.75 Å². The van der Waals surface area contributed by atoms with E-state index in [-0.39, 0.29) is 11.3 Å². The highest BCUT2D eigenvalue weighted by Crippen LogP contribution is 2.38. The number of carbonyl (C=O) groups is 3. The molecule has 4 aromatic rings. The monoisotopic (exact) mass is 601 g/mol. The molecule has 11 heteroatoms. The highest BCUT2D eigenvalue weighted by atomic mass is 35.5. The Morgan fingerprint density at radius 3 is 1.95 bits per heavy atom. The zero-order valence-electron chi connectivity index (χ0n) is 23.8. The number of ether oxygens (including phenoxy) is 4. The molecule has 2 amide bonds. The topological polar surface area (TPSA) is 125 Å². The molecule has 4 rings (SSSR count). The quantitative estimate of drug-likeness (QED) is 0.100. The largest absolute Gasteiger partial charge is 0.493 e. The van der Waals surface area contributed by atoms with E-state index in [0.29, 0.717) is 44.6 Å². The number of benzene rings is 4. The number of rotatable bonds is 10. The van der Waals surface area contributed by atoms with Gasteiger partial charge in [0.15, 0.2) is 11.5 Å². The van der Waals surface area contributed by atoms with Gasteiger partial charge in [0.25, 0.3) is 11.8 Å². The molecule has 4 aromatic carbocycles. The molecule has 0 atom stereocenters. The fourth-order valence-corrected chi connectivity index (χ4v) is 4.09.